The molecule has 0 atom stereocenters. The summed E-state index contributed by atoms with van der Waals surface area (Å²) < 4.78 is 18.5. The molecule has 0 aliphatic carbocycles. The van der Waals surface area contributed by atoms with E-state index in [0.717, 1.165) is 0 Å². The molecular weight excluding hydrogens is 258 g/mol. The summed E-state index contributed by atoms with van der Waals surface area (Å²) in [6.07, 6.45) is 0. The first-order chi connectivity index (χ1) is 6.08. The molecule has 0 spiro atoms. The van der Waals surface area contributed by atoms with Gasteiger partial charge in [0.2, 0.25) is 0 Å². The average Bonchev–Trinajstić information content (AvgIpc) is 1.99. The monoisotopic (exact) mass is 264 g/mol. The Morgan fingerprint density at radius 2 is 2.23 bits per heavy atom. The van der Waals surface area contributed by atoms with Gasteiger partial charge >= 0.3 is 0 Å². The van der Waals surface area contributed by atoms with Crippen LogP contribution < -0.4 is 4.74 Å². The van der Waals surface area contributed by atoms with Gasteiger partial charge in [0.05, 0.1) is 0 Å². The van der Waals surface area contributed by atoms with Crippen LogP contribution in [-0.2, 0) is 0 Å². The molecule has 1 aromatic carbocycles. The van der Waals surface area contributed by atoms with Crippen molar-refractivity contribution in [1.29, 1.82) is 0 Å². The van der Waals surface area contributed by atoms with Crippen LogP contribution in [0.4, 0.5) is 4.39 Å². The summed E-state index contributed by atoms with van der Waals surface area (Å²) in [5.74, 6) is 0.0678. The molecule has 1 rings (SSSR count). The second-order valence-electron chi connectivity index (χ2n) is 2.41. The number of ether oxygens (including phenoxy) is 1. The molecule has 0 saturated carbocycles. The van der Waals surface area contributed by atoms with Crippen LogP contribution >= 0.6 is 27.5 Å². The first-order valence-corrected chi connectivity index (χ1v) is 4.67. The van der Waals surface area contributed by atoms with Gasteiger partial charge in [-0.1, -0.05) is 34.1 Å². The second-order valence-corrected chi connectivity index (χ2v) is 3.86. The minimum absolute atomic E-state index is 0.178. The quantitative estimate of drug-likeness (QED) is 0.809. The van der Waals surface area contributed by atoms with Crippen LogP contribution in [0.1, 0.15) is 0 Å². The predicted molar refractivity (Wildman–Crippen MR) is 54.6 cm³/mol. The van der Waals surface area contributed by atoms with Gasteiger partial charge in [-0.05, 0) is 12.1 Å². The van der Waals surface area contributed by atoms with E-state index in [-0.39, 0.29) is 12.4 Å². The number of benzene rings is 1. The Morgan fingerprint density at radius 3 is 2.77 bits per heavy atom. The molecule has 0 aliphatic heterocycles. The topological polar surface area (TPSA) is 9.23 Å². The van der Waals surface area contributed by atoms with Crippen LogP contribution in [0, 0.1) is 5.82 Å². The number of rotatable bonds is 3. The molecule has 0 radical (unpaired) electrons. The molecule has 0 bridgehead atoms. The summed E-state index contributed by atoms with van der Waals surface area (Å²) in [6, 6.07) is 4.29. The van der Waals surface area contributed by atoms with Gasteiger partial charge in [0.25, 0.3) is 0 Å². The van der Waals surface area contributed by atoms with E-state index in [9.17, 15) is 4.39 Å². The van der Waals surface area contributed by atoms with Crippen molar-refractivity contribution in [3.63, 3.8) is 0 Å². The molecule has 0 amide bonds. The Morgan fingerprint density at radius 1 is 1.54 bits per heavy atom. The fraction of sp³-hybridized carbons (Fsp3) is 0.111. The van der Waals surface area contributed by atoms with Crippen LogP contribution in [0.15, 0.2) is 34.3 Å². The van der Waals surface area contributed by atoms with Crippen molar-refractivity contribution in [2.75, 3.05) is 6.61 Å². The maximum absolute atomic E-state index is 12.8. The van der Waals surface area contributed by atoms with Gasteiger partial charge in [-0.2, -0.15) is 0 Å². The zero-order valence-corrected chi connectivity index (χ0v) is 9.03. The van der Waals surface area contributed by atoms with Gasteiger partial charge in [-0.25, -0.2) is 4.39 Å². The SMILES string of the molecule is C=C(Cl)COc1cc(F)cc(Br)c1. The van der Waals surface area contributed by atoms with Crippen LogP contribution in [0.2, 0.25) is 0 Å². The highest BCUT2D eigenvalue weighted by atomic mass is 79.9. The lowest BCUT2D eigenvalue weighted by Crippen LogP contribution is -1.96. The fourth-order valence-corrected chi connectivity index (χ4v) is 1.27. The van der Waals surface area contributed by atoms with Gasteiger partial charge in [0, 0.05) is 15.6 Å². The number of hydrogen-bond acceptors (Lipinski definition) is 1. The Labute approximate surface area is 89.3 Å². The van der Waals surface area contributed by atoms with E-state index < -0.39 is 0 Å². The Hall–Kier alpha value is -0.540. The summed E-state index contributed by atoms with van der Waals surface area (Å²) >= 11 is 8.63. The molecule has 13 heavy (non-hydrogen) atoms. The number of hydrogen-bond donors (Lipinski definition) is 0. The van der Waals surface area contributed by atoms with Gasteiger partial charge in [0.1, 0.15) is 18.2 Å². The Kier molecular flexibility index (Phi) is 3.75. The Bertz CT molecular complexity index is 307. The summed E-state index contributed by atoms with van der Waals surface area (Å²) in [5, 5.41) is 0.375. The molecule has 0 aromatic heterocycles. The third-order valence-corrected chi connectivity index (χ3v) is 1.80. The van der Waals surface area contributed by atoms with Gasteiger partial charge < -0.3 is 4.74 Å². The molecule has 70 valence electrons. The van der Waals surface area contributed by atoms with Gasteiger partial charge in [0.15, 0.2) is 0 Å². The molecule has 0 saturated heterocycles. The smallest absolute Gasteiger partial charge is 0.128 e. The normalized spacial score (nSPS) is 9.77. The highest BCUT2D eigenvalue weighted by Gasteiger charge is 1.99. The molecule has 0 fully saturated rings. The molecule has 4 heteroatoms. The summed E-state index contributed by atoms with van der Waals surface area (Å²) in [5.41, 5.74) is 0. The standard InChI is InChI=1S/C9H7BrClFO/c1-6(11)5-13-9-3-7(10)2-8(12)4-9/h2-4H,1,5H2. The van der Waals surface area contributed by atoms with Crippen LogP contribution in [0.3, 0.4) is 0 Å². The molecule has 0 N–H and O–H groups in total. The van der Waals surface area contributed by atoms with E-state index in [0.29, 0.717) is 15.3 Å². The first kappa shape index (κ1) is 10.5. The van der Waals surface area contributed by atoms with E-state index >= 15 is 0 Å². The molecule has 0 heterocycles. The van der Waals surface area contributed by atoms with E-state index in [1.165, 1.54) is 12.1 Å². The average molecular weight is 266 g/mol. The summed E-state index contributed by atoms with van der Waals surface area (Å²) in [6.45, 7) is 3.63. The molecule has 1 aromatic rings. The third-order valence-electron chi connectivity index (χ3n) is 1.23. The zero-order valence-electron chi connectivity index (χ0n) is 6.69. The lowest BCUT2D eigenvalue weighted by Gasteiger charge is -2.04. The van der Waals surface area contributed by atoms with Crippen LogP contribution in [0.5, 0.6) is 5.75 Å². The van der Waals surface area contributed by atoms with Crippen molar-refractivity contribution in [2.24, 2.45) is 0 Å². The first-order valence-electron chi connectivity index (χ1n) is 3.50. The number of halogens is 3. The maximum Gasteiger partial charge on any atom is 0.128 e. The van der Waals surface area contributed by atoms with Crippen molar-refractivity contribution in [3.05, 3.63) is 40.1 Å². The van der Waals surface area contributed by atoms with Crippen molar-refractivity contribution in [1.82, 2.24) is 0 Å². The second kappa shape index (κ2) is 4.63. The van der Waals surface area contributed by atoms with E-state index in [1.54, 1.807) is 6.07 Å². The predicted octanol–water partition coefficient (Wildman–Crippen LogP) is 3.72. The highest BCUT2D eigenvalue weighted by molar-refractivity contribution is 9.10. The maximum atomic E-state index is 12.8. The van der Waals surface area contributed by atoms with Crippen molar-refractivity contribution >= 4 is 27.5 Å². The fourth-order valence-electron chi connectivity index (χ4n) is 0.774. The minimum Gasteiger partial charge on any atom is -0.488 e. The highest BCUT2D eigenvalue weighted by Crippen LogP contribution is 2.21. The molecule has 0 aliphatic rings. The summed E-state index contributed by atoms with van der Waals surface area (Å²) in [7, 11) is 0. The van der Waals surface area contributed by atoms with E-state index in [2.05, 4.69) is 22.5 Å². The van der Waals surface area contributed by atoms with Crippen molar-refractivity contribution < 1.29 is 9.13 Å². The molecular formula is C9H7BrClFO. The van der Waals surface area contributed by atoms with Crippen LogP contribution in [0.25, 0.3) is 0 Å². The molecule has 0 unspecified atom stereocenters. The Balaban J connectivity index is 2.71. The zero-order chi connectivity index (χ0) is 9.84. The molecule has 1 nitrogen and oxygen atoms in total. The minimum atomic E-state index is -0.357. The van der Waals surface area contributed by atoms with Crippen LogP contribution in [-0.4, -0.2) is 6.61 Å². The van der Waals surface area contributed by atoms with Gasteiger partial charge in [-0.3, -0.25) is 0 Å². The largest absolute Gasteiger partial charge is 0.488 e. The van der Waals surface area contributed by atoms with E-state index in [1.807, 2.05) is 0 Å². The van der Waals surface area contributed by atoms with Crippen molar-refractivity contribution in [2.45, 2.75) is 0 Å². The lowest BCUT2D eigenvalue weighted by atomic mass is 10.3. The van der Waals surface area contributed by atoms with Gasteiger partial charge in [-0.15, -0.1) is 0 Å². The summed E-state index contributed by atoms with van der Waals surface area (Å²) in [4.78, 5) is 0. The van der Waals surface area contributed by atoms with Crippen molar-refractivity contribution in [3.8, 4) is 5.75 Å². The lowest BCUT2D eigenvalue weighted by molar-refractivity contribution is 0.357. The third kappa shape index (κ3) is 3.79. The van der Waals surface area contributed by atoms with E-state index in [4.69, 9.17) is 16.3 Å².